The minimum atomic E-state index is -0.763. The lowest BCUT2D eigenvalue weighted by Crippen LogP contribution is -2.30. The molecule has 0 rings (SSSR count). The summed E-state index contributed by atoms with van der Waals surface area (Å²) in [6.45, 7) is 11.4. The Morgan fingerprint density at radius 2 is 0.508 bits per heavy atom. The molecule has 0 aliphatic heterocycles. The van der Waals surface area contributed by atoms with Crippen molar-refractivity contribution in [3.8, 4) is 0 Å². The number of ether oxygens (including phenoxy) is 3. The second-order valence-electron chi connectivity index (χ2n) is 21.2. The zero-order valence-electron chi connectivity index (χ0n) is 44.6. The van der Waals surface area contributed by atoms with Crippen LogP contribution in [0, 0.1) is 11.8 Å². The molecule has 0 heterocycles. The largest absolute Gasteiger partial charge is 0.462 e. The molecule has 0 aliphatic carbocycles. The minimum absolute atomic E-state index is 0.0627. The third-order valence-corrected chi connectivity index (χ3v) is 13.5. The highest BCUT2D eigenvalue weighted by Gasteiger charge is 2.19. The summed E-state index contributed by atoms with van der Waals surface area (Å²) in [6.07, 6.45) is 55.2. The van der Waals surface area contributed by atoms with Crippen molar-refractivity contribution >= 4 is 17.9 Å². The van der Waals surface area contributed by atoms with Crippen molar-refractivity contribution in [2.24, 2.45) is 11.8 Å². The van der Waals surface area contributed by atoms with Gasteiger partial charge in [0.05, 0.1) is 0 Å². The molecule has 0 spiro atoms. The van der Waals surface area contributed by atoms with Crippen LogP contribution in [-0.4, -0.2) is 37.2 Å². The lowest BCUT2D eigenvalue weighted by molar-refractivity contribution is -0.167. The van der Waals surface area contributed by atoms with Crippen LogP contribution in [0.1, 0.15) is 330 Å². The first-order valence-electron chi connectivity index (χ1n) is 29.2. The van der Waals surface area contributed by atoms with E-state index in [2.05, 4.69) is 34.6 Å². The molecule has 0 aromatic rings. The van der Waals surface area contributed by atoms with E-state index >= 15 is 0 Å². The standard InChI is InChI=1S/C59H114O6/c1-6-7-8-9-10-11-12-13-14-15-16-17-18-24-29-34-39-44-49-57(60)63-52-56(65-59(62)51-46-41-36-31-26-21-23-28-33-38-43-48-55(4)5)53-64-58(61)50-45-40-35-30-25-20-19-22-27-32-37-42-47-54(2)3/h54-56H,6-53H2,1-5H3/t56-/m0/s1. The molecule has 386 valence electrons. The molecule has 0 unspecified atom stereocenters. The van der Waals surface area contributed by atoms with E-state index in [-0.39, 0.29) is 31.1 Å². The molecule has 0 fully saturated rings. The Bertz CT molecular complexity index is 993. The van der Waals surface area contributed by atoms with Gasteiger partial charge in [0.2, 0.25) is 0 Å². The second kappa shape index (κ2) is 51.8. The maximum atomic E-state index is 12.8. The summed E-state index contributed by atoms with van der Waals surface area (Å²) in [4.78, 5) is 38.1. The van der Waals surface area contributed by atoms with Gasteiger partial charge in [0.25, 0.3) is 0 Å². The monoisotopic (exact) mass is 919 g/mol. The van der Waals surface area contributed by atoms with Gasteiger partial charge in [-0.25, -0.2) is 0 Å². The Morgan fingerprint density at radius 1 is 0.292 bits per heavy atom. The van der Waals surface area contributed by atoms with E-state index in [1.165, 1.54) is 218 Å². The van der Waals surface area contributed by atoms with E-state index in [4.69, 9.17) is 14.2 Å². The van der Waals surface area contributed by atoms with Gasteiger partial charge in [-0.1, -0.05) is 291 Å². The number of esters is 3. The molecule has 6 heteroatoms. The molecule has 0 amide bonds. The number of unbranched alkanes of at least 4 members (excludes halogenated alkanes) is 38. The van der Waals surface area contributed by atoms with Crippen LogP contribution in [0.2, 0.25) is 0 Å². The first-order valence-corrected chi connectivity index (χ1v) is 29.2. The van der Waals surface area contributed by atoms with Gasteiger partial charge >= 0.3 is 17.9 Å². The third-order valence-electron chi connectivity index (χ3n) is 13.5. The minimum Gasteiger partial charge on any atom is -0.462 e. The smallest absolute Gasteiger partial charge is 0.306 e. The summed E-state index contributed by atoms with van der Waals surface area (Å²) in [5.74, 6) is 0.819. The van der Waals surface area contributed by atoms with Crippen LogP contribution in [0.25, 0.3) is 0 Å². The summed E-state index contributed by atoms with van der Waals surface area (Å²) < 4.78 is 16.9. The first kappa shape index (κ1) is 63.4. The maximum absolute atomic E-state index is 12.8. The summed E-state index contributed by atoms with van der Waals surface area (Å²) in [5, 5.41) is 0. The molecule has 1 atom stereocenters. The van der Waals surface area contributed by atoms with Crippen LogP contribution in [0.5, 0.6) is 0 Å². The fourth-order valence-electron chi connectivity index (χ4n) is 9.05. The summed E-state index contributed by atoms with van der Waals surface area (Å²) in [6, 6.07) is 0. The summed E-state index contributed by atoms with van der Waals surface area (Å²) >= 11 is 0. The Kier molecular flexibility index (Phi) is 50.5. The molecule has 0 saturated carbocycles. The van der Waals surface area contributed by atoms with Gasteiger partial charge in [-0.2, -0.15) is 0 Å². The van der Waals surface area contributed by atoms with Gasteiger partial charge in [-0.3, -0.25) is 14.4 Å². The fourth-order valence-corrected chi connectivity index (χ4v) is 9.05. The Balaban J connectivity index is 4.29. The lowest BCUT2D eigenvalue weighted by atomic mass is 10.0. The predicted octanol–water partition coefficient (Wildman–Crippen LogP) is 19.3. The van der Waals surface area contributed by atoms with Crippen molar-refractivity contribution < 1.29 is 28.6 Å². The molecule has 65 heavy (non-hydrogen) atoms. The van der Waals surface area contributed by atoms with Gasteiger partial charge < -0.3 is 14.2 Å². The lowest BCUT2D eigenvalue weighted by Gasteiger charge is -2.18. The third kappa shape index (κ3) is 53.2. The van der Waals surface area contributed by atoms with E-state index in [1.807, 2.05) is 0 Å². The molecule has 0 bridgehead atoms. The maximum Gasteiger partial charge on any atom is 0.306 e. The van der Waals surface area contributed by atoms with Gasteiger partial charge in [-0.05, 0) is 31.1 Å². The van der Waals surface area contributed by atoms with Crippen LogP contribution < -0.4 is 0 Å². The SMILES string of the molecule is CCCCCCCCCCCCCCCCCCCCC(=O)OC[C@@H](COC(=O)CCCCCCCCCCCCCCC(C)C)OC(=O)CCCCCCCCCCCCCC(C)C. The van der Waals surface area contributed by atoms with Gasteiger partial charge in [-0.15, -0.1) is 0 Å². The number of carbonyl (C=O) groups is 3. The molecule has 0 aromatic heterocycles. The quantitative estimate of drug-likeness (QED) is 0.0344. The molecule has 0 N–H and O–H groups in total. The van der Waals surface area contributed by atoms with Crippen molar-refractivity contribution in [3.63, 3.8) is 0 Å². The van der Waals surface area contributed by atoms with Crippen LogP contribution in [0.15, 0.2) is 0 Å². The molecular weight excluding hydrogens is 805 g/mol. The van der Waals surface area contributed by atoms with E-state index in [0.717, 1.165) is 69.6 Å². The van der Waals surface area contributed by atoms with Crippen molar-refractivity contribution in [1.29, 1.82) is 0 Å². The average Bonchev–Trinajstić information content (AvgIpc) is 3.28. The average molecular weight is 920 g/mol. The van der Waals surface area contributed by atoms with Crippen LogP contribution in [0.4, 0.5) is 0 Å². The number of carbonyl (C=O) groups excluding carboxylic acids is 3. The highest BCUT2D eigenvalue weighted by molar-refractivity contribution is 5.71. The predicted molar refractivity (Wildman–Crippen MR) is 280 cm³/mol. The first-order chi connectivity index (χ1) is 31.7. The van der Waals surface area contributed by atoms with E-state index < -0.39 is 6.10 Å². The molecule has 0 saturated heterocycles. The van der Waals surface area contributed by atoms with Crippen LogP contribution >= 0.6 is 0 Å². The van der Waals surface area contributed by atoms with Crippen LogP contribution in [0.3, 0.4) is 0 Å². The molecule has 0 aromatic carbocycles. The number of hydrogen-bond acceptors (Lipinski definition) is 6. The van der Waals surface area contributed by atoms with E-state index in [1.54, 1.807) is 0 Å². The zero-order chi connectivity index (χ0) is 47.5. The molecule has 0 radical (unpaired) electrons. The molecular formula is C59H114O6. The van der Waals surface area contributed by atoms with E-state index in [0.29, 0.717) is 19.3 Å². The second-order valence-corrected chi connectivity index (χ2v) is 21.2. The van der Waals surface area contributed by atoms with Crippen molar-refractivity contribution in [1.82, 2.24) is 0 Å². The van der Waals surface area contributed by atoms with Crippen molar-refractivity contribution in [2.75, 3.05) is 13.2 Å². The molecule has 6 nitrogen and oxygen atoms in total. The van der Waals surface area contributed by atoms with E-state index in [9.17, 15) is 14.4 Å². The Hall–Kier alpha value is -1.59. The van der Waals surface area contributed by atoms with Crippen molar-refractivity contribution in [3.05, 3.63) is 0 Å². The summed E-state index contributed by atoms with van der Waals surface area (Å²) in [7, 11) is 0. The highest BCUT2D eigenvalue weighted by Crippen LogP contribution is 2.18. The topological polar surface area (TPSA) is 78.9 Å². The van der Waals surface area contributed by atoms with Crippen LogP contribution in [-0.2, 0) is 28.6 Å². The Morgan fingerprint density at radius 3 is 0.754 bits per heavy atom. The van der Waals surface area contributed by atoms with Gasteiger partial charge in [0, 0.05) is 19.3 Å². The van der Waals surface area contributed by atoms with Gasteiger partial charge in [0.1, 0.15) is 13.2 Å². The normalized spacial score (nSPS) is 12.0. The Labute approximate surface area is 406 Å². The summed E-state index contributed by atoms with van der Waals surface area (Å²) in [5.41, 5.74) is 0. The van der Waals surface area contributed by atoms with Gasteiger partial charge in [0.15, 0.2) is 6.10 Å². The highest BCUT2D eigenvalue weighted by atomic mass is 16.6. The number of rotatable bonds is 53. The molecule has 0 aliphatic rings. The zero-order valence-corrected chi connectivity index (χ0v) is 44.6. The van der Waals surface area contributed by atoms with Crippen molar-refractivity contribution in [2.45, 2.75) is 336 Å². The number of hydrogen-bond donors (Lipinski definition) is 0. The fraction of sp³-hybridized carbons (Fsp3) is 0.949.